The van der Waals surface area contributed by atoms with Gasteiger partial charge in [-0.25, -0.2) is 4.79 Å². The average Bonchev–Trinajstić information content (AvgIpc) is 3.10. The van der Waals surface area contributed by atoms with Crippen LogP contribution in [-0.2, 0) is 11.2 Å². The van der Waals surface area contributed by atoms with Gasteiger partial charge in [0.1, 0.15) is 5.75 Å². The van der Waals surface area contributed by atoms with Gasteiger partial charge in [-0.3, -0.25) is 0 Å². The predicted octanol–water partition coefficient (Wildman–Crippen LogP) is 13.6. The first-order chi connectivity index (χ1) is 23.1. The number of hydrogen-bond acceptors (Lipinski definition) is 3. The molecule has 3 heteroatoms. The third-order valence-electron chi connectivity index (χ3n) is 9.37. The van der Waals surface area contributed by atoms with E-state index < -0.39 is 0 Å². The van der Waals surface area contributed by atoms with Crippen molar-refractivity contribution >= 4 is 5.97 Å². The molecule has 0 aliphatic heterocycles. The Hall–Kier alpha value is -2.91. The Bertz CT molecular complexity index is 1200. The van der Waals surface area contributed by atoms with Crippen molar-refractivity contribution in [2.45, 2.75) is 155 Å². The summed E-state index contributed by atoms with van der Waals surface area (Å²) in [6.07, 6.45) is 27.2. The number of esters is 1. The third-order valence-corrected chi connectivity index (χ3v) is 9.37. The zero-order valence-electron chi connectivity index (χ0n) is 30.1. The number of unbranched alkanes of at least 4 members (excludes halogenated alkanes) is 17. The van der Waals surface area contributed by atoms with Gasteiger partial charge < -0.3 is 9.47 Å². The summed E-state index contributed by atoms with van der Waals surface area (Å²) in [7, 11) is 0. The smallest absolute Gasteiger partial charge is 0.343 e. The van der Waals surface area contributed by atoms with Crippen LogP contribution in [0.4, 0.5) is 0 Å². The maximum atomic E-state index is 12.8. The van der Waals surface area contributed by atoms with Gasteiger partial charge in [-0.1, -0.05) is 178 Å². The van der Waals surface area contributed by atoms with Crippen molar-refractivity contribution in [1.29, 1.82) is 0 Å². The van der Waals surface area contributed by atoms with Crippen LogP contribution in [0.15, 0.2) is 72.8 Å². The molecule has 258 valence electrons. The summed E-state index contributed by atoms with van der Waals surface area (Å²) in [5.41, 5.74) is 5.25. The summed E-state index contributed by atoms with van der Waals surface area (Å²) in [4.78, 5) is 12.8. The second kappa shape index (κ2) is 24.3. The Morgan fingerprint density at radius 3 is 1.45 bits per heavy atom. The van der Waals surface area contributed by atoms with E-state index in [4.69, 9.17) is 9.47 Å². The predicted molar refractivity (Wildman–Crippen MR) is 200 cm³/mol. The third kappa shape index (κ3) is 16.2. The summed E-state index contributed by atoms with van der Waals surface area (Å²) >= 11 is 0. The normalized spacial score (nSPS) is 11.9. The van der Waals surface area contributed by atoms with Gasteiger partial charge in [0.2, 0.25) is 0 Å². The van der Waals surface area contributed by atoms with E-state index in [0.29, 0.717) is 11.3 Å². The molecular weight excluding hydrogens is 576 g/mol. The maximum absolute atomic E-state index is 12.8. The number of ether oxygens (including phenoxy) is 2. The number of rotatable bonds is 26. The van der Waals surface area contributed by atoms with Crippen LogP contribution in [0.5, 0.6) is 5.75 Å². The Morgan fingerprint density at radius 2 is 0.979 bits per heavy atom. The second-order valence-corrected chi connectivity index (χ2v) is 13.5. The number of aryl methyl sites for hydroxylation is 1. The molecule has 47 heavy (non-hydrogen) atoms. The lowest BCUT2D eigenvalue weighted by atomic mass is 10.0. The highest BCUT2D eigenvalue weighted by Gasteiger charge is 2.11. The van der Waals surface area contributed by atoms with Crippen LogP contribution >= 0.6 is 0 Å². The van der Waals surface area contributed by atoms with Crippen molar-refractivity contribution in [2.75, 3.05) is 6.61 Å². The van der Waals surface area contributed by atoms with E-state index in [9.17, 15) is 4.79 Å². The van der Waals surface area contributed by atoms with Crippen LogP contribution in [0.3, 0.4) is 0 Å². The molecule has 0 aliphatic rings. The van der Waals surface area contributed by atoms with Crippen LogP contribution in [0, 0.1) is 0 Å². The van der Waals surface area contributed by atoms with Gasteiger partial charge in [-0.05, 0) is 66.3 Å². The van der Waals surface area contributed by atoms with Gasteiger partial charge in [-0.2, -0.15) is 0 Å². The molecule has 0 saturated heterocycles. The van der Waals surface area contributed by atoms with Crippen molar-refractivity contribution < 1.29 is 14.3 Å². The Labute approximate surface area is 287 Å². The molecule has 0 amide bonds. The maximum Gasteiger partial charge on any atom is 0.343 e. The number of carbonyl (C=O) groups excluding carboxylic acids is 1. The number of benzene rings is 3. The monoisotopic (exact) mass is 640 g/mol. The lowest BCUT2D eigenvalue weighted by Gasteiger charge is -2.14. The summed E-state index contributed by atoms with van der Waals surface area (Å²) in [5.74, 6) is 0.201. The van der Waals surface area contributed by atoms with E-state index in [-0.39, 0.29) is 12.1 Å². The van der Waals surface area contributed by atoms with Gasteiger partial charge in [0.15, 0.2) is 0 Å². The molecule has 1 atom stereocenters. The number of hydrogen-bond donors (Lipinski definition) is 0. The molecule has 3 aromatic rings. The van der Waals surface area contributed by atoms with Crippen molar-refractivity contribution in [3.63, 3.8) is 0 Å². The molecule has 0 spiro atoms. The summed E-state index contributed by atoms with van der Waals surface area (Å²) in [6.45, 7) is 7.35. The fourth-order valence-corrected chi connectivity index (χ4v) is 6.28. The zero-order chi connectivity index (χ0) is 33.4. The Kier molecular flexibility index (Phi) is 19.9. The molecule has 1 unspecified atom stereocenters. The first-order valence-electron chi connectivity index (χ1n) is 19.2. The topological polar surface area (TPSA) is 35.5 Å². The standard InChI is InChI=1S/C44H64O3/c1-4-6-7-8-9-10-11-12-13-14-15-16-17-18-19-20-21-22-36-46-37(3)39-28-30-42(31-29-39)44(45)47-43-34-32-41(33-35-43)40-26-24-38(23-5-2)25-27-40/h24-35,37H,4-23,36H2,1-3H3. The minimum atomic E-state index is -0.347. The Balaban J connectivity index is 1.19. The molecule has 0 saturated carbocycles. The van der Waals surface area contributed by atoms with Crippen LogP contribution < -0.4 is 4.74 Å². The van der Waals surface area contributed by atoms with Crippen molar-refractivity contribution in [1.82, 2.24) is 0 Å². The molecule has 0 aliphatic carbocycles. The van der Waals surface area contributed by atoms with Crippen LogP contribution in [0.25, 0.3) is 11.1 Å². The summed E-state index contributed by atoms with van der Waals surface area (Å²) < 4.78 is 11.7. The van der Waals surface area contributed by atoms with E-state index in [1.807, 2.05) is 48.5 Å². The van der Waals surface area contributed by atoms with E-state index in [1.165, 1.54) is 115 Å². The van der Waals surface area contributed by atoms with Crippen LogP contribution in [-0.4, -0.2) is 12.6 Å². The van der Waals surface area contributed by atoms with Gasteiger partial charge in [-0.15, -0.1) is 0 Å². The van der Waals surface area contributed by atoms with Gasteiger partial charge in [0.05, 0.1) is 11.7 Å². The molecule has 3 nitrogen and oxygen atoms in total. The lowest BCUT2D eigenvalue weighted by Crippen LogP contribution is -2.09. The first-order valence-corrected chi connectivity index (χ1v) is 19.2. The first kappa shape index (κ1) is 38.5. The van der Waals surface area contributed by atoms with Crippen molar-refractivity contribution in [3.05, 3.63) is 89.5 Å². The fraction of sp³-hybridized carbons (Fsp3) is 0.568. The minimum Gasteiger partial charge on any atom is -0.423 e. The van der Waals surface area contributed by atoms with Crippen molar-refractivity contribution in [3.8, 4) is 16.9 Å². The summed E-state index contributed by atoms with van der Waals surface area (Å²) in [6, 6.07) is 24.0. The van der Waals surface area contributed by atoms with Gasteiger partial charge in [0.25, 0.3) is 0 Å². The quantitative estimate of drug-likeness (QED) is 0.0497. The number of carbonyl (C=O) groups is 1. The van der Waals surface area contributed by atoms with Crippen molar-refractivity contribution in [2.24, 2.45) is 0 Å². The minimum absolute atomic E-state index is 0.00875. The van der Waals surface area contributed by atoms with Crippen LogP contribution in [0.1, 0.15) is 170 Å². The SMILES string of the molecule is CCCCCCCCCCCCCCCCCCCCOC(C)c1ccc(C(=O)Oc2ccc(-c3ccc(CCC)cc3)cc2)cc1. The molecule has 0 heterocycles. The highest BCUT2D eigenvalue weighted by Crippen LogP contribution is 2.24. The van der Waals surface area contributed by atoms with E-state index in [1.54, 1.807) is 0 Å². The van der Waals surface area contributed by atoms with E-state index in [0.717, 1.165) is 42.6 Å². The lowest BCUT2D eigenvalue weighted by molar-refractivity contribution is 0.0626. The highest BCUT2D eigenvalue weighted by atomic mass is 16.5. The van der Waals surface area contributed by atoms with E-state index in [2.05, 4.69) is 45.0 Å². The largest absolute Gasteiger partial charge is 0.423 e. The molecular formula is C44H64O3. The fourth-order valence-electron chi connectivity index (χ4n) is 6.28. The average molecular weight is 641 g/mol. The highest BCUT2D eigenvalue weighted by molar-refractivity contribution is 5.91. The molecule has 0 aromatic heterocycles. The molecule has 0 bridgehead atoms. The zero-order valence-corrected chi connectivity index (χ0v) is 30.1. The molecule has 3 aromatic carbocycles. The second-order valence-electron chi connectivity index (χ2n) is 13.5. The van der Waals surface area contributed by atoms with Crippen LogP contribution in [0.2, 0.25) is 0 Å². The molecule has 0 N–H and O–H groups in total. The molecule has 0 fully saturated rings. The molecule has 0 radical (unpaired) electrons. The van der Waals surface area contributed by atoms with E-state index >= 15 is 0 Å². The Morgan fingerprint density at radius 1 is 0.532 bits per heavy atom. The molecule has 3 rings (SSSR count). The van der Waals surface area contributed by atoms with Gasteiger partial charge >= 0.3 is 5.97 Å². The van der Waals surface area contributed by atoms with Gasteiger partial charge in [0, 0.05) is 6.61 Å². The summed E-state index contributed by atoms with van der Waals surface area (Å²) in [5, 5.41) is 0.